The molecule has 1 fully saturated rings. The zero-order chi connectivity index (χ0) is 20.9. The second-order valence-electron chi connectivity index (χ2n) is 7.81. The summed E-state index contributed by atoms with van der Waals surface area (Å²) in [4.78, 5) is 27.5. The van der Waals surface area contributed by atoms with E-state index in [1.165, 1.54) is 0 Å². The summed E-state index contributed by atoms with van der Waals surface area (Å²) in [6, 6.07) is 6.73. The fourth-order valence-corrected chi connectivity index (χ4v) is 4.65. The van der Waals surface area contributed by atoms with Gasteiger partial charge in [-0.2, -0.15) is 0 Å². The van der Waals surface area contributed by atoms with Crippen molar-refractivity contribution in [2.45, 2.75) is 38.7 Å². The molecule has 2 heterocycles. The summed E-state index contributed by atoms with van der Waals surface area (Å²) >= 11 is 18.3. The highest BCUT2D eigenvalue weighted by Crippen LogP contribution is 2.43. The van der Waals surface area contributed by atoms with E-state index >= 15 is 0 Å². The lowest BCUT2D eigenvalue weighted by Gasteiger charge is -2.44. The molecule has 0 N–H and O–H groups in total. The maximum absolute atomic E-state index is 12.9. The number of Topliss-reactive ketones (excluding diaryl/α,β-unsaturated/α-hetero) is 1. The summed E-state index contributed by atoms with van der Waals surface area (Å²) in [5, 5.41) is 1.38. The van der Waals surface area contributed by atoms with Crippen LogP contribution >= 0.6 is 34.8 Å². The van der Waals surface area contributed by atoms with Gasteiger partial charge in [-0.3, -0.25) is 9.59 Å². The number of carbonyl (C=O) groups is 2. The van der Waals surface area contributed by atoms with E-state index in [0.717, 1.165) is 11.1 Å². The molecule has 0 aliphatic carbocycles. The maximum Gasteiger partial charge on any atom is 0.253 e. The number of halogens is 3. The Kier molecular flexibility index (Phi) is 5.30. The molecule has 7 heteroatoms. The van der Waals surface area contributed by atoms with Gasteiger partial charge in [0.25, 0.3) is 5.91 Å². The third-order valence-electron chi connectivity index (χ3n) is 5.86. The van der Waals surface area contributed by atoms with E-state index in [0.29, 0.717) is 64.3 Å². The largest absolute Gasteiger partial charge is 0.486 e. The summed E-state index contributed by atoms with van der Waals surface area (Å²) in [6.07, 6.45) is 1.48. The Hall–Kier alpha value is -1.75. The zero-order valence-corrected chi connectivity index (χ0v) is 18.4. The fourth-order valence-electron chi connectivity index (χ4n) is 4.21. The number of piperidine rings is 1. The van der Waals surface area contributed by atoms with Crippen LogP contribution in [-0.4, -0.2) is 35.3 Å². The first-order chi connectivity index (χ1) is 13.7. The minimum atomic E-state index is -0.578. The second kappa shape index (κ2) is 7.50. The van der Waals surface area contributed by atoms with Crippen LogP contribution in [0.1, 0.15) is 51.1 Å². The highest BCUT2D eigenvalue weighted by Gasteiger charge is 2.44. The van der Waals surface area contributed by atoms with Gasteiger partial charge in [0.15, 0.2) is 5.78 Å². The van der Waals surface area contributed by atoms with E-state index in [1.807, 2.05) is 19.9 Å². The minimum absolute atomic E-state index is 0.0508. The van der Waals surface area contributed by atoms with Gasteiger partial charge in [-0.25, -0.2) is 0 Å². The van der Waals surface area contributed by atoms with Gasteiger partial charge in [-0.1, -0.05) is 34.8 Å². The third kappa shape index (κ3) is 3.63. The SMILES string of the molecule is Cc1cc2c(c(C)c1Cl)C(=O)CC1(CCN(C(=O)c3ccc(Cl)c(Cl)c3)CC1)O2. The van der Waals surface area contributed by atoms with Crippen LogP contribution in [0.2, 0.25) is 15.1 Å². The van der Waals surface area contributed by atoms with Crippen molar-refractivity contribution >= 4 is 46.5 Å². The van der Waals surface area contributed by atoms with Gasteiger partial charge in [0.05, 0.1) is 22.0 Å². The van der Waals surface area contributed by atoms with Gasteiger partial charge >= 0.3 is 0 Å². The first-order valence-corrected chi connectivity index (χ1v) is 10.6. The lowest BCUT2D eigenvalue weighted by atomic mass is 9.81. The van der Waals surface area contributed by atoms with Gasteiger partial charge in [-0.15, -0.1) is 0 Å². The van der Waals surface area contributed by atoms with Crippen LogP contribution in [0.15, 0.2) is 24.3 Å². The molecule has 0 saturated carbocycles. The summed E-state index contributed by atoms with van der Waals surface area (Å²) in [5.41, 5.74) is 2.17. The molecule has 1 spiro atoms. The minimum Gasteiger partial charge on any atom is -0.486 e. The number of nitrogens with zero attached hydrogens (tertiary/aromatic N) is 1. The van der Waals surface area contributed by atoms with Crippen molar-refractivity contribution in [1.82, 2.24) is 4.90 Å². The molecule has 0 atom stereocenters. The van der Waals surface area contributed by atoms with E-state index in [9.17, 15) is 9.59 Å². The number of carbonyl (C=O) groups excluding carboxylic acids is 2. The molecule has 0 unspecified atom stereocenters. The molecule has 4 nitrogen and oxygen atoms in total. The quantitative estimate of drug-likeness (QED) is 0.541. The van der Waals surface area contributed by atoms with Gasteiger partial charge in [-0.05, 0) is 49.2 Å². The molecule has 2 aliphatic heterocycles. The van der Waals surface area contributed by atoms with Crippen molar-refractivity contribution in [1.29, 1.82) is 0 Å². The lowest BCUT2D eigenvalue weighted by molar-refractivity contribution is -0.00580. The van der Waals surface area contributed by atoms with Crippen molar-refractivity contribution in [2.75, 3.05) is 13.1 Å². The first kappa shape index (κ1) is 20.5. The highest BCUT2D eigenvalue weighted by atomic mass is 35.5. The van der Waals surface area contributed by atoms with Gasteiger partial charge < -0.3 is 9.64 Å². The molecule has 0 aromatic heterocycles. The molecule has 0 bridgehead atoms. The zero-order valence-electron chi connectivity index (χ0n) is 16.2. The first-order valence-electron chi connectivity index (χ1n) is 9.47. The van der Waals surface area contributed by atoms with E-state index in [1.54, 1.807) is 23.1 Å². The highest BCUT2D eigenvalue weighted by molar-refractivity contribution is 6.42. The Bertz CT molecular complexity index is 1030. The Morgan fingerprint density at radius 2 is 1.76 bits per heavy atom. The van der Waals surface area contributed by atoms with E-state index < -0.39 is 5.60 Å². The molecular weight excluding hydrogens is 433 g/mol. The average molecular weight is 453 g/mol. The number of rotatable bonds is 1. The van der Waals surface area contributed by atoms with Crippen LogP contribution in [0, 0.1) is 13.8 Å². The number of amides is 1. The molecular formula is C22H20Cl3NO3. The van der Waals surface area contributed by atoms with E-state index in [4.69, 9.17) is 39.5 Å². The van der Waals surface area contributed by atoms with Gasteiger partial charge in [0.2, 0.25) is 0 Å². The van der Waals surface area contributed by atoms with Gasteiger partial charge in [0.1, 0.15) is 11.4 Å². The molecule has 1 amide bonds. The Morgan fingerprint density at radius 1 is 1.07 bits per heavy atom. The predicted molar refractivity (Wildman–Crippen MR) is 115 cm³/mol. The average Bonchev–Trinajstić information content (AvgIpc) is 2.68. The molecule has 29 heavy (non-hydrogen) atoms. The van der Waals surface area contributed by atoms with Crippen LogP contribution < -0.4 is 4.74 Å². The van der Waals surface area contributed by atoms with Crippen molar-refractivity contribution in [3.8, 4) is 5.75 Å². The Balaban J connectivity index is 1.53. The summed E-state index contributed by atoms with van der Waals surface area (Å²) in [6.45, 7) is 4.77. The summed E-state index contributed by atoms with van der Waals surface area (Å²) < 4.78 is 6.36. The monoisotopic (exact) mass is 451 g/mol. The lowest BCUT2D eigenvalue weighted by Crippen LogP contribution is -2.52. The summed E-state index contributed by atoms with van der Waals surface area (Å²) in [7, 11) is 0. The number of likely N-dealkylation sites (tertiary alicyclic amines) is 1. The molecule has 152 valence electrons. The molecule has 2 aromatic rings. The van der Waals surface area contributed by atoms with Crippen LogP contribution in [-0.2, 0) is 0 Å². The number of benzene rings is 2. The predicted octanol–water partition coefficient (Wildman–Crippen LogP) is 5.90. The number of ether oxygens (including phenoxy) is 1. The normalized spacial score (nSPS) is 17.8. The van der Waals surface area contributed by atoms with Crippen LogP contribution in [0.25, 0.3) is 0 Å². The van der Waals surface area contributed by atoms with E-state index in [2.05, 4.69) is 0 Å². The van der Waals surface area contributed by atoms with E-state index in [-0.39, 0.29) is 11.7 Å². The molecule has 2 aliphatic rings. The number of ketones is 1. The van der Waals surface area contributed by atoms with Crippen LogP contribution in [0.3, 0.4) is 0 Å². The van der Waals surface area contributed by atoms with Crippen molar-refractivity contribution < 1.29 is 14.3 Å². The second-order valence-corrected chi connectivity index (χ2v) is 9.00. The maximum atomic E-state index is 12.9. The topological polar surface area (TPSA) is 46.6 Å². The smallest absolute Gasteiger partial charge is 0.253 e. The fraction of sp³-hybridized carbons (Fsp3) is 0.364. The number of hydrogen-bond acceptors (Lipinski definition) is 3. The van der Waals surface area contributed by atoms with Crippen molar-refractivity contribution in [3.63, 3.8) is 0 Å². The molecule has 0 radical (unpaired) electrons. The molecule has 1 saturated heterocycles. The summed E-state index contributed by atoms with van der Waals surface area (Å²) in [5.74, 6) is 0.555. The number of fused-ring (bicyclic) bond motifs is 1. The number of hydrogen-bond donors (Lipinski definition) is 0. The Morgan fingerprint density at radius 3 is 2.41 bits per heavy atom. The molecule has 4 rings (SSSR count). The standard InChI is InChI=1S/C22H20Cl3NO3/c1-12-9-18-19(13(2)20(12)25)17(27)11-22(29-18)5-7-26(8-6-22)21(28)14-3-4-15(23)16(24)10-14/h3-4,9-10H,5-8,11H2,1-2H3. The third-order valence-corrected chi connectivity index (χ3v) is 7.18. The number of aryl methyl sites for hydroxylation is 1. The van der Waals surface area contributed by atoms with Crippen LogP contribution in [0.5, 0.6) is 5.75 Å². The van der Waals surface area contributed by atoms with Gasteiger partial charge in [0, 0.05) is 36.5 Å². The van der Waals surface area contributed by atoms with Crippen molar-refractivity contribution in [3.05, 3.63) is 61.6 Å². The van der Waals surface area contributed by atoms with Crippen molar-refractivity contribution in [2.24, 2.45) is 0 Å². The van der Waals surface area contributed by atoms with Crippen LogP contribution in [0.4, 0.5) is 0 Å². The Labute approximate surface area is 184 Å². The molecule has 2 aromatic carbocycles.